The first-order valence-electron chi connectivity index (χ1n) is 4.82. The van der Waals surface area contributed by atoms with E-state index >= 15 is 0 Å². The van der Waals surface area contributed by atoms with Crippen LogP contribution in [0.1, 0.15) is 0 Å². The molecule has 9 heteroatoms. The molecule has 0 aliphatic rings. The third-order valence-corrected chi connectivity index (χ3v) is 2.45. The highest BCUT2D eigenvalue weighted by Crippen LogP contribution is 2.10. The van der Waals surface area contributed by atoms with Crippen molar-refractivity contribution in [3.63, 3.8) is 0 Å². The van der Waals surface area contributed by atoms with E-state index in [2.05, 4.69) is 25.1 Å². The summed E-state index contributed by atoms with van der Waals surface area (Å²) >= 11 is 11.6. The van der Waals surface area contributed by atoms with Crippen LogP contribution >= 0.6 is 23.2 Å². The summed E-state index contributed by atoms with van der Waals surface area (Å²) in [5.41, 5.74) is 0. The molecule has 3 aromatic rings. The van der Waals surface area contributed by atoms with Crippen molar-refractivity contribution in [3.8, 4) is 11.9 Å². The Labute approximate surface area is 111 Å². The number of halogens is 2. The van der Waals surface area contributed by atoms with Gasteiger partial charge in [-0.2, -0.15) is 25.1 Å². The second-order valence-electron chi connectivity index (χ2n) is 3.29. The fraction of sp³-hybridized carbons (Fsp3) is 0. The normalized spacial score (nSPS) is 10.8. The van der Waals surface area contributed by atoms with Gasteiger partial charge in [0.1, 0.15) is 6.33 Å². The highest BCUT2D eigenvalue weighted by Gasteiger charge is 2.07. The van der Waals surface area contributed by atoms with Crippen molar-refractivity contribution in [1.82, 2.24) is 34.5 Å². The van der Waals surface area contributed by atoms with Crippen molar-refractivity contribution in [1.29, 1.82) is 0 Å². The molecule has 0 unspecified atom stereocenters. The predicted octanol–water partition coefficient (Wildman–Crippen LogP) is 1.55. The number of hydrogen-bond donors (Lipinski definition) is 0. The van der Waals surface area contributed by atoms with Gasteiger partial charge in [-0.3, -0.25) is 0 Å². The van der Waals surface area contributed by atoms with Crippen molar-refractivity contribution in [2.24, 2.45) is 0 Å². The van der Waals surface area contributed by atoms with Gasteiger partial charge in [0, 0.05) is 0 Å². The van der Waals surface area contributed by atoms with E-state index in [1.54, 1.807) is 12.4 Å². The first-order chi connectivity index (χ1) is 8.72. The molecule has 0 saturated heterocycles. The SMILES string of the molecule is Clc1cnn(-c2ncnc(-n3cc(Cl)cn3)n2)c1. The Morgan fingerprint density at radius 2 is 1.33 bits per heavy atom. The minimum atomic E-state index is 0.346. The van der Waals surface area contributed by atoms with Crippen molar-refractivity contribution >= 4 is 23.2 Å². The summed E-state index contributed by atoms with van der Waals surface area (Å²) in [4.78, 5) is 12.2. The molecule has 3 aromatic heterocycles. The third-order valence-electron chi connectivity index (χ3n) is 2.06. The van der Waals surface area contributed by atoms with E-state index in [1.165, 1.54) is 28.1 Å². The lowest BCUT2D eigenvalue weighted by atomic mass is 10.7. The molecule has 0 atom stereocenters. The van der Waals surface area contributed by atoms with Gasteiger partial charge in [0.15, 0.2) is 0 Å². The molecule has 0 fully saturated rings. The number of hydrogen-bond acceptors (Lipinski definition) is 5. The van der Waals surface area contributed by atoms with E-state index in [9.17, 15) is 0 Å². The maximum absolute atomic E-state index is 5.78. The van der Waals surface area contributed by atoms with Gasteiger partial charge in [-0.05, 0) is 0 Å². The largest absolute Gasteiger partial charge is 0.255 e. The third kappa shape index (κ3) is 2.05. The van der Waals surface area contributed by atoms with Gasteiger partial charge in [0.2, 0.25) is 0 Å². The number of rotatable bonds is 2. The molecule has 3 rings (SSSR count). The summed E-state index contributed by atoms with van der Waals surface area (Å²) in [6.45, 7) is 0. The Hall–Kier alpha value is -1.99. The Bertz CT molecular complexity index is 634. The molecular formula is C9H5Cl2N7. The lowest BCUT2D eigenvalue weighted by Gasteiger charge is -2.01. The Morgan fingerprint density at radius 3 is 1.72 bits per heavy atom. The van der Waals surface area contributed by atoms with Crippen LogP contribution in [0.15, 0.2) is 31.1 Å². The Morgan fingerprint density at radius 1 is 0.833 bits per heavy atom. The van der Waals surface area contributed by atoms with Crippen molar-refractivity contribution in [2.45, 2.75) is 0 Å². The van der Waals surface area contributed by atoms with Crippen LogP contribution in [0, 0.1) is 0 Å². The standard InChI is InChI=1S/C9H5Cl2N7/c10-6-1-14-17(3-6)8-12-5-13-9(16-8)18-4-7(11)2-15-18/h1-5H. The van der Waals surface area contributed by atoms with E-state index in [1.807, 2.05) is 0 Å². The molecular weight excluding hydrogens is 277 g/mol. The fourth-order valence-corrected chi connectivity index (χ4v) is 1.59. The molecule has 0 bridgehead atoms. The van der Waals surface area contributed by atoms with Gasteiger partial charge >= 0.3 is 0 Å². The molecule has 0 radical (unpaired) electrons. The van der Waals surface area contributed by atoms with Crippen LogP contribution in [-0.2, 0) is 0 Å². The monoisotopic (exact) mass is 281 g/mol. The Balaban J connectivity index is 2.04. The van der Waals surface area contributed by atoms with Crippen LogP contribution in [0.3, 0.4) is 0 Å². The van der Waals surface area contributed by atoms with E-state index in [0.717, 1.165) is 0 Å². The topological polar surface area (TPSA) is 74.3 Å². The highest BCUT2D eigenvalue weighted by molar-refractivity contribution is 6.30. The lowest BCUT2D eigenvalue weighted by Crippen LogP contribution is -2.08. The summed E-state index contributed by atoms with van der Waals surface area (Å²) in [5, 5.41) is 9.00. The summed E-state index contributed by atoms with van der Waals surface area (Å²) in [7, 11) is 0. The average Bonchev–Trinajstić information content (AvgIpc) is 2.98. The van der Waals surface area contributed by atoms with Crippen LogP contribution in [0.5, 0.6) is 0 Å². The molecule has 0 amide bonds. The molecule has 0 N–H and O–H groups in total. The van der Waals surface area contributed by atoms with Gasteiger partial charge < -0.3 is 0 Å². The van der Waals surface area contributed by atoms with E-state index < -0.39 is 0 Å². The van der Waals surface area contributed by atoms with Crippen molar-refractivity contribution < 1.29 is 0 Å². The van der Waals surface area contributed by atoms with Crippen molar-refractivity contribution in [2.75, 3.05) is 0 Å². The van der Waals surface area contributed by atoms with E-state index in [4.69, 9.17) is 23.2 Å². The molecule has 7 nitrogen and oxygen atoms in total. The predicted molar refractivity (Wildman–Crippen MR) is 64.1 cm³/mol. The second kappa shape index (κ2) is 4.35. The molecule has 0 spiro atoms. The van der Waals surface area contributed by atoms with Gasteiger partial charge in [-0.25, -0.2) is 9.36 Å². The maximum atomic E-state index is 5.78. The fourth-order valence-electron chi connectivity index (χ4n) is 1.32. The van der Waals surface area contributed by atoms with Crippen molar-refractivity contribution in [3.05, 3.63) is 41.2 Å². The van der Waals surface area contributed by atoms with Crippen LogP contribution < -0.4 is 0 Å². The average molecular weight is 282 g/mol. The zero-order valence-electron chi connectivity index (χ0n) is 8.77. The van der Waals surface area contributed by atoms with Crippen LogP contribution in [0.25, 0.3) is 11.9 Å². The number of nitrogens with zero attached hydrogens (tertiary/aromatic N) is 7. The van der Waals surface area contributed by atoms with Gasteiger partial charge in [0.25, 0.3) is 11.9 Å². The first-order valence-corrected chi connectivity index (χ1v) is 5.58. The summed E-state index contributed by atoms with van der Waals surface area (Å²) in [6, 6.07) is 0. The zero-order valence-corrected chi connectivity index (χ0v) is 10.3. The molecule has 90 valence electrons. The lowest BCUT2D eigenvalue weighted by molar-refractivity contribution is 0.743. The Kier molecular flexibility index (Phi) is 2.69. The van der Waals surface area contributed by atoms with Crippen LogP contribution in [0.4, 0.5) is 0 Å². The molecule has 0 aliphatic carbocycles. The van der Waals surface area contributed by atoms with E-state index in [-0.39, 0.29) is 0 Å². The summed E-state index contributed by atoms with van der Waals surface area (Å²) in [6.07, 6.45) is 7.54. The van der Waals surface area contributed by atoms with Gasteiger partial charge in [-0.1, -0.05) is 23.2 Å². The second-order valence-corrected chi connectivity index (χ2v) is 4.16. The van der Waals surface area contributed by atoms with Crippen LogP contribution in [0.2, 0.25) is 10.0 Å². The molecule has 0 saturated carbocycles. The maximum Gasteiger partial charge on any atom is 0.255 e. The summed E-state index contributed by atoms with van der Waals surface area (Å²) in [5.74, 6) is 0.692. The summed E-state index contributed by atoms with van der Waals surface area (Å²) < 4.78 is 2.89. The zero-order chi connectivity index (χ0) is 12.5. The minimum Gasteiger partial charge on any atom is -0.204 e. The number of aromatic nitrogens is 7. The van der Waals surface area contributed by atoms with Crippen LogP contribution in [-0.4, -0.2) is 34.5 Å². The molecule has 3 heterocycles. The van der Waals surface area contributed by atoms with E-state index in [0.29, 0.717) is 21.9 Å². The van der Waals surface area contributed by atoms with Gasteiger partial charge in [-0.15, -0.1) is 0 Å². The molecule has 0 aliphatic heterocycles. The highest BCUT2D eigenvalue weighted by atomic mass is 35.5. The first kappa shape index (κ1) is 11.1. The smallest absolute Gasteiger partial charge is 0.204 e. The quantitative estimate of drug-likeness (QED) is 0.713. The molecule has 18 heavy (non-hydrogen) atoms. The minimum absolute atomic E-state index is 0.346. The molecule has 0 aromatic carbocycles. The van der Waals surface area contributed by atoms with Gasteiger partial charge in [0.05, 0.1) is 34.8 Å².